The Labute approximate surface area is 160 Å². The summed E-state index contributed by atoms with van der Waals surface area (Å²) in [6, 6.07) is 18.9. The molecule has 0 bridgehead atoms. The van der Waals surface area contributed by atoms with Crippen molar-refractivity contribution in [3.05, 3.63) is 65.7 Å². The zero-order valence-corrected chi connectivity index (χ0v) is 15.6. The molecule has 0 aliphatic carbocycles. The van der Waals surface area contributed by atoms with Gasteiger partial charge in [-0.1, -0.05) is 42.5 Å². The van der Waals surface area contributed by atoms with Crippen LogP contribution in [-0.4, -0.2) is 54.6 Å². The lowest BCUT2D eigenvalue weighted by Gasteiger charge is -2.30. The Kier molecular flexibility index (Phi) is 6.04. The maximum absolute atomic E-state index is 10.4. The molecule has 0 amide bonds. The number of nitrogens with zero attached hydrogens (tertiary/aromatic N) is 1. The van der Waals surface area contributed by atoms with Crippen molar-refractivity contribution in [1.29, 1.82) is 0 Å². The van der Waals surface area contributed by atoms with Gasteiger partial charge >= 0.3 is 0 Å². The summed E-state index contributed by atoms with van der Waals surface area (Å²) in [4.78, 5) is 2.36. The Morgan fingerprint density at radius 3 is 2.37 bits per heavy atom. The monoisotopic (exact) mass is 368 g/mol. The molecule has 2 aliphatic heterocycles. The van der Waals surface area contributed by atoms with Gasteiger partial charge in [0.1, 0.15) is 11.9 Å². The largest absolute Gasteiger partial charge is 0.488 e. The number of nitrogens with one attached hydrogen (secondary N) is 1. The molecular formula is C22H28N2O3. The maximum atomic E-state index is 10.4. The van der Waals surface area contributed by atoms with Gasteiger partial charge in [0.2, 0.25) is 0 Å². The van der Waals surface area contributed by atoms with E-state index in [0.717, 1.165) is 38.4 Å². The van der Waals surface area contributed by atoms with Gasteiger partial charge in [0.05, 0.1) is 19.3 Å². The molecule has 2 aromatic rings. The van der Waals surface area contributed by atoms with Gasteiger partial charge in [0, 0.05) is 38.6 Å². The van der Waals surface area contributed by atoms with E-state index in [1.165, 1.54) is 11.1 Å². The highest BCUT2D eigenvalue weighted by Gasteiger charge is 2.30. The van der Waals surface area contributed by atoms with Gasteiger partial charge < -0.3 is 19.9 Å². The van der Waals surface area contributed by atoms with Crippen LogP contribution in [0.5, 0.6) is 5.75 Å². The van der Waals surface area contributed by atoms with Crippen molar-refractivity contribution >= 4 is 0 Å². The van der Waals surface area contributed by atoms with Gasteiger partial charge in [0.25, 0.3) is 0 Å². The average molecular weight is 368 g/mol. The Morgan fingerprint density at radius 1 is 1.00 bits per heavy atom. The summed E-state index contributed by atoms with van der Waals surface area (Å²) in [5, 5.41) is 13.7. The second kappa shape index (κ2) is 8.85. The first-order chi connectivity index (χ1) is 13.3. The van der Waals surface area contributed by atoms with Crippen LogP contribution in [0.4, 0.5) is 0 Å². The molecule has 0 aromatic heterocycles. The van der Waals surface area contributed by atoms with E-state index >= 15 is 0 Å². The summed E-state index contributed by atoms with van der Waals surface area (Å²) in [7, 11) is 0. The van der Waals surface area contributed by atoms with E-state index < -0.39 is 0 Å². The van der Waals surface area contributed by atoms with E-state index in [-0.39, 0.29) is 18.2 Å². The zero-order chi connectivity index (χ0) is 18.5. The molecule has 3 atom stereocenters. The molecule has 2 saturated heterocycles. The molecule has 0 saturated carbocycles. The zero-order valence-electron chi connectivity index (χ0n) is 15.6. The lowest BCUT2D eigenvalue weighted by molar-refractivity contribution is 0.0730. The molecule has 4 rings (SSSR count). The molecular weight excluding hydrogens is 340 g/mol. The minimum atomic E-state index is -0.335. The number of hydrogen-bond donors (Lipinski definition) is 2. The number of hydrogen-bond acceptors (Lipinski definition) is 5. The second-order valence-electron chi connectivity index (χ2n) is 7.43. The van der Waals surface area contributed by atoms with Crippen molar-refractivity contribution in [3.8, 4) is 5.75 Å². The molecule has 2 aliphatic rings. The van der Waals surface area contributed by atoms with E-state index in [1.807, 2.05) is 18.2 Å². The molecule has 2 aromatic carbocycles. The highest BCUT2D eigenvalue weighted by atomic mass is 16.5. The van der Waals surface area contributed by atoms with Crippen molar-refractivity contribution in [2.45, 2.75) is 37.8 Å². The summed E-state index contributed by atoms with van der Waals surface area (Å²) in [6.45, 7) is 4.56. The van der Waals surface area contributed by atoms with Crippen LogP contribution in [0.15, 0.2) is 54.6 Å². The highest BCUT2D eigenvalue weighted by Crippen LogP contribution is 2.21. The summed E-state index contributed by atoms with van der Waals surface area (Å²) >= 11 is 0. The number of aliphatic hydroxyl groups excluding tert-OH is 1. The third kappa shape index (κ3) is 4.87. The number of ether oxygens (including phenoxy) is 2. The normalized spacial score (nSPS) is 25.2. The highest BCUT2D eigenvalue weighted by molar-refractivity contribution is 5.28. The lowest BCUT2D eigenvalue weighted by atomic mass is 10.1. The Hall–Kier alpha value is -1.92. The summed E-state index contributed by atoms with van der Waals surface area (Å²) in [5.74, 6) is 0.895. The van der Waals surface area contributed by atoms with Crippen LogP contribution < -0.4 is 10.1 Å². The first-order valence-corrected chi connectivity index (χ1v) is 9.78. The Morgan fingerprint density at radius 2 is 1.74 bits per heavy atom. The fourth-order valence-electron chi connectivity index (χ4n) is 3.84. The van der Waals surface area contributed by atoms with Crippen molar-refractivity contribution in [1.82, 2.24) is 10.2 Å². The van der Waals surface area contributed by atoms with E-state index in [4.69, 9.17) is 9.47 Å². The van der Waals surface area contributed by atoms with Gasteiger partial charge in [-0.05, 0) is 23.3 Å². The van der Waals surface area contributed by atoms with Crippen LogP contribution in [0.1, 0.15) is 17.5 Å². The van der Waals surface area contributed by atoms with Gasteiger partial charge in [-0.2, -0.15) is 0 Å². The SMILES string of the molecule is O[C@@H]1CNC[C@H]1N(Cc1ccccc1)Cc1ccc(OC2CCOC2)cc1. The number of aliphatic hydroxyl groups is 1. The van der Waals surface area contributed by atoms with Crippen molar-refractivity contribution in [2.75, 3.05) is 26.3 Å². The first-order valence-electron chi connectivity index (χ1n) is 9.78. The van der Waals surface area contributed by atoms with Gasteiger partial charge in [-0.15, -0.1) is 0 Å². The minimum Gasteiger partial charge on any atom is -0.488 e. The van der Waals surface area contributed by atoms with Crippen LogP contribution in [0.3, 0.4) is 0 Å². The van der Waals surface area contributed by atoms with Gasteiger partial charge in [-0.25, -0.2) is 0 Å². The van der Waals surface area contributed by atoms with Crippen LogP contribution >= 0.6 is 0 Å². The lowest BCUT2D eigenvalue weighted by Crippen LogP contribution is -2.42. The smallest absolute Gasteiger partial charge is 0.124 e. The van der Waals surface area contributed by atoms with Crippen LogP contribution in [0.2, 0.25) is 0 Å². The summed E-state index contributed by atoms with van der Waals surface area (Å²) in [5.41, 5.74) is 2.48. The number of β-amino-alcohol motifs (C(OH)–C–C–N with tert-alkyl or cyclic N) is 1. The topological polar surface area (TPSA) is 54.0 Å². The van der Waals surface area contributed by atoms with Crippen molar-refractivity contribution < 1.29 is 14.6 Å². The number of benzene rings is 2. The van der Waals surface area contributed by atoms with Crippen LogP contribution in [0, 0.1) is 0 Å². The molecule has 2 fully saturated rings. The standard InChI is InChI=1S/C22H28N2O3/c25-22-13-23-12-21(22)24(14-17-4-2-1-3-5-17)15-18-6-8-19(9-7-18)27-20-10-11-26-16-20/h1-9,20-23,25H,10-16H2/t20?,21-,22-/m1/s1. The van der Waals surface area contributed by atoms with E-state index in [9.17, 15) is 5.11 Å². The summed E-state index contributed by atoms with van der Waals surface area (Å²) < 4.78 is 11.3. The second-order valence-corrected chi connectivity index (χ2v) is 7.43. The molecule has 1 unspecified atom stereocenters. The molecule has 144 valence electrons. The molecule has 2 N–H and O–H groups in total. The molecule has 27 heavy (non-hydrogen) atoms. The summed E-state index contributed by atoms with van der Waals surface area (Å²) in [6.07, 6.45) is 0.794. The maximum Gasteiger partial charge on any atom is 0.124 e. The van der Waals surface area contributed by atoms with Crippen molar-refractivity contribution in [3.63, 3.8) is 0 Å². The Balaban J connectivity index is 1.43. The van der Waals surface area contributed by atoms with E-state index in [2.05, 4.69) is 46.6 Å². The van der Waals surface area contributed by atoms with Gasteiger partial charge in [0.15, 0.2) is 0 Å². The minimum absolute atomic E-state index is 0.122. The average Bonchev–Trinajstić information content (AvgIpc) is 3.35. The fraction of sp³-hybridized carbons (Fsp3) is 0.455. The third-order valence-corrected chi connectivity index (χ3v) is 5.35. The van der Waals surface area contributed by atoms with E-state index in [1.54, 1.807) is 0 Å². The number of rotatable bonds is 7. The molecule has 2 heterocycles. The van der Waals surface area contributed by atoms with Crippen LogP contribution in [-0.2, 0) is 17.8 Å². The van der Waals surface area contributed by atoms with Crippen molar-refractivity contribution in [2.24, 2.45) is 0 Å². The molecule has 5 heteroatoms. The first kappa shape index (κ1) is 18.4. The quantitative estimate of drug-likeness (QED) is 0.785. The predicted octanol–water partition coefficient (Wildman–Crippen LogP) is 2.19. The third-order valence-electron chi connectivity index (χ3n) is 5.35. The molecule has 0 spiro atoms. The molecule has 0 radical (unpaired) electrons. The van der Waals surface area contributed by atoms with E-state index in [0.29, 0.717) is 13.2 Å². The molecule has 5 nitrogen and oxygen atoms in total. The van der Waals surface area contributed by atoms with Gasteiger partial charge in [-0.3, -0.25) is 4.90 Å². The fourth-order valence-corrected chi connectivity index (χ4v) is 3.84. The predicted molar refractivity (Wildman–Crippen MR) is 105 cm³/mol. The Bertz CT molecular complexity index is 701. The van der Waals surface area contributed by atoms with Crippen LogP contribution in [0.25, 0.3) is 0 Å².